The Kier molecular flexibility index (Phi) is 5.54. The van der Waals surface area contributed by atoms with Crippen molar-refractivity contribution >= 4 is 44.1 Å². The van der Waals surface area contributed by atoms with Crippen LogP contribution in [-0.2, 0) is 15.4 Å². The highest BCUT2D eigenvalue weighted by atomic mass is 35.5. The summed E-state index contributed by atoms with van der Waals surface area (Å²) in [7, 11) is -4.42. The van der Waals surface area contributed by atoms with Crippen LogP contribution in [0, 0.1) is 11.6 Å². The highest BCUT2D eigenvalue weighted by Crippen LogP contribution is 2.44. The summed E-state index contributed by atoms with van der Waals surface area (Å²) in [5, 5.41) is 4.12. The molecule has 0 saturated carbocycles. The zero-order valence-electron chi connectivity index (χ0n) is 19.5. The van der Waals surface area contributed by atoms with Crippen LogP contribution >= 0.6 is 11.6 Å². The molecule has 6 nitrogen and oxygen atoms in total. The molecule has 0 unspecified atom stereocenters. The van der Waals surface area contributed by atoms with Crippen molar-refractivity contribution < 1.29 is 22.0 Å². The molecule has 2 aliphatic rings. The quantitative estimate of drug-likeness (QED) is 0.376. The molecule has 1 fully saturated rings. The number of likely N-dealkylation sites (tertiary alicyclic amines) is 1. The highest BCUT2D eigenvalue weighted by Gasteiger charge is 2.42. The minimum atomic E-state index is -4.42. The number of aromatic nitrogens is 1. The first kappa shape index (κ1) is 23.9. The Hall–Kier alpha value is -3.43. The maximum absolute atomic E-state index is 13.8. The SMILES string of the molecule is O=C(c1cn(S(=O)(=O)c2cc(F)cc(F)c2)c2cc(Cl)ccc12)N1CCC2(CC1)CNc1ccccc12. The van der Waals surface area contributed by atoms with Gasteiger partial charge in [0.15, 0.2) is 0 Å². The third-order valence-electron chi connectivity index (χ3n) is 7.48. The molecule has 2 aliphatic heterocycles. The molecule has 1 N–H and O–H groups in total. The summed E-state index contributed by atoms with van der Waals surface area (Å²) in [5.41, 5.74) is 2.69. The fourth-order valence-corrected chi connectivity index (χ4v) is 7.12. The lowest BCUT2D eigenvalue weighted by atomic mass is 9.74. The average molecular weight is 542 g/mol. The summed E-state index contributed by atoms with van der Waals surface area (Å²) in [4.78, 5) is 14.9. The van der Waals surface area contributed by atoms with Gasteiger partial charge in [0.1, 0.15) is 11.6 Å². The molecule has 1 saturated heterocycles. The molecule has 6 rings (SSSR count). The molecule has 4 aromatic rings. The fourth-order valence-electron chi connectivity index (χ4n) is 5.55. The Morgan fingerprint density at radius 3 is 2.41 bits per heavy atom. The maximum Gasteiger partial charge on any atom is 0.268 e. The molecule has 1 amide bonds. The van der Waals surface area contributed by atoms with Crippen LogP contribution in [0.2, 0.25) is 5.02 Å². The number of carbonyl (C=O) groups excluding carboxylic acids is 1. The van der Waals surface area contributed by atoms with E-state index < -0.39 is 26.6 Å². The molecular weight excluding hydrogens is 520 g/mol. The summed E-state index contributed by atoms with van der Waals surface area (Å²) in [6.45, 7) is 1.84. The predicted molar refractivity (Wildman–Crippen MR) is 138 cm³/mol. The van der Waals surface area contributed by atoms with Gasteiger partial charge in [-0.15, -0.1) is 0 Å². The second kappa shape index (κ2) is 8.56. The van der Waals surface area contributed by atoms with Crippen molar-refractivity contribution in [3.05, 3.63) is 94.6 Å². The number of para-hydroxylation sites is 1. The zero-order chi connectivity index (χ0) is 25.9. The van der Waals surface area contributed by atoms with Crippen LogP contribution in [0.4, 0.5) is 14.5 Å². The molecular formula is C27H22ClF2N3O3S. The lowest BCUT2D eigenvalue weighted by molar-refractivity contribution is 0.0678. The number of carbonyl (C=O) groups is 1. The van der Waals surface area contributed by atoms with E-state index >= 15 is 0 Å². The Bertz CT molecular complexity index is 1660. The summed E-state index contributed by atoms with van der Waals surface area (Å²) in [6, 6.07) is 14.9. The van der Waals surface area contributed by atoms with Gasteiger partial charge in [-0.2, -0.15) is 0 Å². The van der Waals surface area contributed by atoms with Gasteiger partial charge < -0.3 is 10.2 Å². The molecule has 0 radical (unpaired) electrons. The second-order valence-electron chi connectivity index (χ2n) is 9.58. The number of hydrogen-bond acceptors (Lipinski definition) is 4. The number of nitrogens with one attached hydrogen (secondary N) is 1. The Morgan fingerprint density at radius 1 is 0.973 bits per heavy atom. The van der Waals surface area contributed by atoms with E-state index in [1.54, 1.807) is 17.0 Å². The molecule has 1 aromatic heterocycles. The summed E-state index contributed by atoms with van der Waals surface area (Å²) < 4.78 is 55.4. The Labute approximate surface area is 217 Å². The van der Waals surface area contributed by atoms with Gasteiger partial charge in [0.2, 0.25) is 0 Å². The molecule has 10 heteroatoms. The molecule has 3 heterocycles. The molecule has 1 spiro atoms. The Morgan fingerprint density at radius 2 is 1.68 bits per heavy atom. The highest BCUT2D eigenvalue weighted by molar-refractivity contribution is 7.90. The van der Waals surface area contributed by atoms with Gasteiger partial charge in [-0.25, -0.2) is 21.2 Å². The number of halogens is 3. The van der Waals surface area contributed by atoms with E-state index in [0.29, 0.717) is 24.5 Å². The minimum Gasteiger partial charge on any atom is -0.384 e. The third-order valence-corrected chi connectivity index (χ3v) is 9.37. The molecule has 37 heavy (non-hydrogen) atoms. The smallest absolute Gasteiger partial charge is 0.268 e. The van der Waals surface area contributed by atoms with Crippen LogP contribution in [0.25, 0.3) is 10.9 Å². The zero-order valence-corrected chi connectivity index (χ0v) is 21.1. The van der Waals surface area contributed by atoms with Crippen LogP contribution in [0.5, 0.6) is 0 Å². The van der Waals surface area contributed by atoms with E-state index in [1.807, 2.05) is 12.1 Å². The standard InChI is InChI=1S/C27H22ClF2N3O3S/c28-17-5-6-21-22(15-33(25(21)11-17)37(35,36)20-13-18(29)12-19(30)14-20)26(34)32-9-7-27(8-10-32)16-31-24-4-2-1-3-23(24)27/h1-6,11-15,31H,7-10,16H2. The minimum absolute atomic E-state index is 0.0420. The van der Waals surface area contributed by atoms with E-state index in [0.717, 1.165) is 41.2 Å². The lowest BCUT2D eigenvalue weighted by Crippen LogP contribution is -2.46. The van der Waals surface area contributed by atoms with Crippen LogP contribution in [0.3, 0.4) is 0 Å². The van der Waals surface area contributed by atoms with E-state index in [1.165, 1.54) is 17.8 Å². The van der Waals surface area contributed by atoms with Crippen LogP contribution in [-0.4, -0.2) is 42.8 Å². The number of benzene rings is 3. The number of piperidine rings is 1. The molecule has 3 aromatic carbocycles. The largest absolute Gasteiger partial charge is 0.384 e. The monoisotopic (exact) mass is 541 g/mol. The van der Waals surface area contributed by atoms with E-state index in [4.69, 9.17) is 11.6 Å². The molecule has 0 aliphatic carbocycles. The predicted octanol–water partition coefficient (Wildman–Crippen LogP) is 5.41. The summed E-state index contributed by atoms with van der Waals surface area (Å²) in [5.74, 6) is -2.34. The first-order valence-corrected chi connectivity index (χ1v) is 13.6. The first-order valence-electron chi connectivity index (χ1n) is 11.8. The molecule has 0 atom stereocenters. The van der Waals surface area contributed by atoms with Crippen molar-refractivity contribution in [1.29, 1.82) is 0 Å². The molecule has 190 valence electrons. The fraction of sp³-hybridized carbons (Fsp3) is 0.222. The second-order valence-corrected chi connectivity index (χ2v) is 11.8. The van der Waals surface area contributed by atoms with E-state index in [2.05, 4.69) is 17.4 Å². The van der Waals surface area contributed by atoms with Crippen molar-refractivity contribution in [2.45, 2.75) is 23.2 Å². The number of hydrogen-bond donors (Lipinski definition) is 1. The number of anilines is 1. The lowest BCUT2D eigenvalue weighted by Gasteiger charge is -2.39. The van der Waals surface area contributed by atoms with Crippen molar-refractivity contribution in [3.63, 3.8) is 0 Å². The van der Waals surface area contributed by atoms with Crippen molar-refractivity contribution in [1.82, 2.24) is 8.87 Å². The van der Waals surface area contributed by atoms with Gasteiger partial charge in [0.05, 0.1) is 16.0 Å². The van der Waals surface area contributed by atoms with Gasteiger partial charge in [-0.3, -0.25) is 4.79 Å². The summed E-state index contributed by atoms with van der Waals surface area (Å²) >= 11 is 6.16. The van der Waals surface area contributed by atoms with Gasteiger partial charge in [0, 0.05) is 53.4 Å². The first-order chi connectivity index (χ1) is 17.7. The number of nitrogens with zero attached hydrogens (tertiary/aromatic N) is 2. The van der Waals surface area contributed by atoms with Crippen LogP contribution in [0.1, 0.15) is 28.8 Å². The van der Waals surface area contributed by atoms with Crippen LogP contribution < -0.4 is 5.32 Å². The van der Waals surface area contributed by atoms with Gasteiger partial charge in [-0.05, 0) is 48.7 Å². The van der Waals surface area contributed by atoms with E-state index in [9.17, 15) is 22.0 Å². The van der Waals surface area contributed by atoms with Crippen LogP contribution in [0.15, 0.2) is 71.8 Å². The number of amides is 1. The average Bonchev–Trinajstić information content (AvgIpc) is 3.43. The van der Waals surface area contributed by atoms with Crippen molar-refractivity contribution in [2.24, 2.45) is 0 Å². The maximum atomic E-state index is 13.8. The van der Waals surface area contributed by atoms with Crippen molar-refractivity contribution in [3.8, 4) is 0 Å². The van der Waals surface area contributed by atoms with Crippen molar-refractivity contribution in [2.75, 3.05) is 25.0 Å². The normalized spacial score (nSPS) is 16.7. The number of rotatable bonds is 3. The topological polar surface area (TPSA) is 71.4 Å². The third kappa shape index (κ3) is 3.88. The van der Waals surface area contributed by atoms with Gasteiger partial charge in [-0.1, -0.05) is 35.9 Å². The van der Waals surface area contributed by atoms with Gasteiger partial charge >= 0.3 is 0 Å². The molecule has 0 bridgehead atoms. The summed E-state index contributed by atoms with van der Waals surface area (Å²) in [6.07, 6.45) is 2.76. The van der Waals surface area contributed by atoms with E-state index in [-0.39, 0.29) is 27.4 Å². The van der Waals surface area contributed by atoms with Gasteiger partial charge in [0.25, 0.3) is 15.9 Å². The Balaban J connectivity index is 1.36. The number of fused-ring (bicyclic) bond motifs is 3.